The molecule has 94 valence electrons. The fraction of sp³-hybridized carbons (Fsp3) is 0.462. The van der Waals surface area contributed by atoms with Crippen LogP contribution < -0.4 is 11.1 Å². The summed E-state index contributed by atoms with van der Waals surface area (Å²) in [7, 11) is 0. The van der Waals surface area contributed by atoms with E-state index in [4.69, 9.17) is 5.73 Å². The fourth-order valence-electron chi connectivity index (χ4n) is 1.26. The molecule has 1 amide bonds. The lowest BCUT2D eigenvalue weighted by Gasteiger charge is -2.23. The summed E-state index contributed by atoms with van der Waals surface area (Å²) in [5.74, 6) is -0.789. The first kappa shape index (κ1) is 13.5. The van der Waals surface area contributed by atoms with Crippen molar-refractivity contribution in [1.29, 1.82) is 0 Å². The van der Waals surface area contributed by atoms with E-state index in [1.165, 1.54) is 12.1 Å². The third kappa shape index (κ3) is 3.73. The van der Waals surface area contributed by atoms with E-state index in [1.54, 1.807) is 0 Å². The Kier molecular flexibility index (Phi) is 4.10. The normalized spacial score (nSPS) is 11.3. The van der Waals surface area contributed by atoms with Crippen LogP contribution in [-0.4, -0.2) is 12.5 Å². The maximum Gasteiger partial charge on any atom is 0.253 e. The number of amides is 1. The van der Waals surface area contributed by atoms with E-state index in [0.29, 0.717) is 12.2 Å². The Balaban J connectivity index is 2.74. The average Bonchev–Trinajstić information content (AvgIpc) is 2.29. The Morgan fingerprint density at radius 3 is 2.71 bits per heavy atom. The Hall–Kier alpha value is -1.58. The molecule has 0 aromatic heterocycles. The molecule has 0 bridgehead atoms. The van der Waals surface area contributed by atoms with Gasteiger partial charge in [0.25, 0.3) is 5.91 Å². The van der Waals surface area contributed by atoms with Crippen LogP contribution >= 0.6 is 0 Å². The number of hydrogen-bond donors (Lipinski definition) is 2. The molecular formula is C13H19FN2O. The molecule has 3 N–H and O–H groups in total. The summed E-state index contributed by atoms with van der Waals surface area (Å²) < 4.78 is 13.0. The molecule has 0 aliphatic carbocycles. The van der Waals surface area contributed by atoms with Crippen LogP contribution in [0.5, 0.6) is 0 Å². The third-order valence-electron chi connectivity index (χ3n) is 2.94. The van der Waals surface area contributed by atoms with Crippen LogP contribution in [0, 0.1) is 11.2 Å². The Morgan fingerprint density at radius 1 is 1.47 bits per heavy atom. The van der Waals surface area contributed by atoms with Gasteiger partial charge in [0, 0.05) is 12.2 Å². The van der Waals surface area contributed by atoms with Gasteiger partial charge in [-0.25, -0.2) is 4.39 Å². The molecular weight excluding hydrogens is 219 g/mol. The highest BCUT2D eigenvalue weighted by atomic mass is 19.1. The van der Waals surface area contributed by atoms with Crippen molar-refractivity contribution in [3.63, 3.8) is 0 Å². The largest absolute Gasteiger partial charge is 0.398 e. The molecule has 4 heteroatoms. The number of halogens is 1. The molecule has 3 nitrogen and oxygen atoms in total. The van der Waals surface area contributed by atoms with E-state index < -0.39 is 5.82 Å². The molecule has 1 rings (SSSR count). The molecule has 0 saturated carbocycles. The Morgan fingerprint density at radius 2 is 2.12 bits per heavy atom. The number of nitrogen functional groups attached to an aromatic ring is 1. The summed E-state index contributed by atoms with van der Waals surface area (Å²) in [6, 6.07) is 3.79. The predicted octanol–water partition coefficient (Wildman–Crippen LogP) is 2.57. The first-order valence-electron chi connectivity index (χ1n) is 5.69. The van der Waals surface area contributed by atoms with Gasteiger partial charge in [-0.3, -0.25) is 4.79 Å². The summed E-state index contributed by atoms with van der Waals surface area (Å²) in [6.07, 6.45) is 0.950. The van der Waals surface area contributed by atoms with E-state index in [0.717, 1.165) is 12.5 Å². The van der Waals surface area contributed by atoms with Crippen molar-refractivity contribution in [1.82, 2.24) is 5.32 Å². The zero-order chi connectivity index (χ0) is 13.1. The van der Waals surface area contributed by atoms with Crippen molar-refractivity contribution < 1.29 is 9.18 Å². The minimum absolute atomic E-state index is 0.0255. The molecule has 0 aliphatic heterocycles. The molecule has 17 heavy (non-hydrogen) atoms. The maximum atomic E-state index is 13.0. The van der Waals surface area contributed by atoms with Gasteiger partial charge in [-0.15, -0.1) is 0 Å². The molecule has 1 aromatic rings. The lowest BCUT2D eigenvalue weighted by molar-refractivity contribution is 0.0936. The number of nitrogens with two attached hydrogens (primary N) is 1. The fourth-order valence-corrected chi connectivity index (χ4v) is 1.26. The minimum Gasteiger partial charge on any atom is -0.398 e. The molecule has 0 fully saturated rings. The van der Waals surface area contributed by atoms with Crippen LogP contribution in [0.15, 0.2) is 18.2 Å². The van der Waals surface area contributed by atoms with Crippen molar-refractivity contribution in [2.75, 3.05) is 12.3 Å². The molecule has 1 aromatic carbocycles. The number of hydrogen-bond acceptors (Lipinski definition) is 2. The van der Waals surface area contributed by atoms with Gasteiger partial charge in [-0.2, -0.15) is 0 Å². The van der Waals surface area contributed by atoms with E-state index >= 15 is 0 Å². The van der Waals surface area contributed by atoms with Crippen LogP contribution in [0.4, 0.5) is 10.1 Å². The molecule has 0 unspecified atom stereocenters. The standard InChI is InChI=1S/C13H19FN2O/c1-4-13(2,3)8-16-12(17)10-7-9(14)5-6-11(10)15/h5-7H,4,8,15H2,1-3H3,(H,16,17). The smallest absolute Gasteiger partial charge is 0.253 e. The van der Waals surface area contributed by atoms with Crippen LogP contribution in [0.1, 0.15) is 37.6 Å². The van der Waals surface area contributed by atoms with Crippen LogP contribution in [0.3, 0.4) is 0 Å². The summed E-state index contributed by atoms with van der Waals surface area (Å²) in [5.41, 5.74) is 6.14. The van der Waals surface area contributed by atoms with E-state index in [9.17, 15) is 9.18 Å². The van der Waals surface area contributed by atoms with Gasteiger partial charge in [-0.1, -0.05) is 20.8 Å². The quantitative estimate of drug-likeness (QED) is 0.792. The zero-order valence-corrected chi connectivity index (χ0v) is 10.5. The van der Waals surface area contributed by atoms with Gasteiger partial charge in [0.1, 0.15) is 5.82 Å². The maximum absolute atomic E-state index is 13.0. The summed E-state index contributed by atoms with van der Waals surface area (Å²) in [6.45, 7) is 6.71. The molecule has 0 radical (unpaired) electrons. The van der Waals surface area contributed by atoms with Crippen molar-refractivity contribution >= 4 is 11.6 Å². The number of anilines is 1. The van der Waals surface area contributed by atoms with Crippen molar-refractivity contribution in [2.24, 2.45) is 5.41 Å². The summed E-state index contributed by atoms with van der Waals surface area (Å²) >= 11 is 0. The lowest BCUT2D eigenvalue weighted by atomic mass is 9.90. The van der Waals surface area contributed by atoms with Gasteiger partial charge >= 0.3 is 0 Å². The number of carbonyl (C=O) groups excluding carboxylic acids is 1. The topological polar surface area (TPSA) is 55.1 Å². The summed E-state index contributed by atoms with van der Waals surface area (Å²) in [5, 5.41) is 2.77. The second-order valence-electron chi connectivity index (χ2n) is 4.93. The highest BCUT2D eigenvalue weighted by Crippen LogP contribution is 2.19. The molecule has 0 heterocycles. The zero-order valence-electron chi connectivity index (χ0n) is 10.5. The first-order chi connectivity index (χ1) is 7.85. The Labute approximate surface area is 101 Å². The van der Waals surface area contributed by atoms with Gasteiger partial charge in [0.2, 0.25) is 0 Å². The van der Waals surface area contributed by atoms with E-state index in [-0.39, 0.29) is 16.9 Å². The van der Waals surface area contributed by atoms with Crippen molar-refractivity contribution in [3.8, 4) is 0 Å². The predicted molar refractivity (Wildman–Crippen MR) is 67.2 cm³/mol. The van der Waals surface area contributed by atoms with E-state index in [1.807, 2.05) is 0 Å². The van der Waals surface area contributed by atoms with Gasteiger partial charge in [0.05, 0.1) is 5.56 Å². The average molecular weight is 238 g/mol. The first-order valence-corrected chi connectivity index (χ1v) is 5.69. The molecule has 0 atom stereocenters. The number of benzene rings is 1. The number of carbonyl (C=O) groups is 1. The third-order valence-corrected chi connectivity index (χ3v) is 2.94. The highest BCUT2D eigenvalue weighted by Gasteiger charge is 2.18. The van der Waals surface area contributed by atoms with Gasteiger partial charge in [-0.05, 0) is 30.0 Å². The highest BCUT2D eigenvalue weighted by molar-refractivity contribution is 5.99. The lowest BCUT2D eigenvalue weighted by Crippen LogP contribution is -2.34. The molecule has 0 spiro atoms. The van der Waals surface area contributed by atoms with Crippen molar-refractivity contribution in [3.05, 3.63) is 29.6 Å². The van der Waals surface area contributed by atoms with Crippen LogP contribution in [0.2, 0.25) is 0 Å². The number of nitrogens with one attached hydrogen (secondary N) is 1. The number of rotatable bonds is 4. The second kappa shape index (κ2) is 5.17. The monoisotopic (exact) mass is 238 g/mol. The van der Waals surface area contributed by atoms with Crippen LogP contribution in [0.25, 0.3) is 0 Å². The second-order valence-corrected chi connectivity index (χ2v) is 4.93. The van der Waals surface area contributed by atoms with Gasteiger partial charge < -0.3 is 11.1 Å². The molecule has 0 aliphatic rings. The minimum atomic E-state index is -0.459. The van der Waals surface area contributed by atoms with Gasteiger partial charge in [0.15, 0.2) is 0 Å². The Bertz CT molecular complexity index is 416. The summed E-state index contributed by atoms with van der Waals surface area (Å²) in [4.78, 5) is 11.8. The molecule has 0 saturated heterocycles. The van der Waals surface area contributed by atoms with Crippen LogP contribution in [-0.2, 0) is 0 Å². The van der Waals surface area contributed by atoms with Crippen molar-refractivity contribution in [2.45, 2.75) is 27.2 Å². The SMILES string of the molecule is CCC(C)(C)CNC(=O)c1cc(F)ccc1N. The van der Waals surface area contributed by atoms with E-state index in [2.05, 4.69) is 26.1 Å².